The molecule has 1 aliphatic carbocycles. The lowest BCUT2D eigenvalue weighted by Gasteiger charge is -2.17. The highest BCUT2D eigenvalue weighted by Crippen LogP contribution is 2.37. The molecule has 6 nitrogen and oxygen atoms in total. The second-order valence-corrected chi connectivity index (χ2v) is 6.97. The van der Waals surface area contributed by atoms with Crippen molar-refractivity contribution in [2.45, 2.75) is 25.1 Å². The first-order valence-corrected chi connectivity index (χ1v) is 8.48. The molecule has 2 aliphatic rings. The van der Waals surface area contributed by atoms with Gasteiger partial charge in [0.2, 0.25) is 0 Å². The van der Waals surface area contributed by atoms with E-state index in [1.807, 2.05) is 0 Å². The molecular weight excluding hydrogens is 347 g/mol. The molecule has 9 heteroatoms. The Labute approximate surface area is 147 Å². The average Bonchev–Trinajstić information content (AvgIpc) is 3.31. The van der Waals surface area contributed by atoms with Gasteiger partial charge in [0.05, 0.1) is 17.4 Å². The van der Waals surface area contributed by atoms with E-state index in [2.05, 4.69) is 10.3 Å². The largest absolute Gasteiger partial charge is 0.416 e. The third-order valence-electron chi connectivity index (χ3n) is 5.35. The molecule has 2 fully saturated rings. The molecule has 1 saturated heterocycles. The molecule has 1 amide bonds. The van der Waals surface area contributed by atoms with Crippen LogP contribution in [0.15, 0.2) is 30.5 Å². The summed E-state index contributed by atoms with van der Waals surface area (Å²) in [6, 6.07) is 4.86. The standard InChI is InChI=1S/C17H18F3N5O/c18-17(19,20)11-2-1-3-12(6-11)25-9-15(22-23-25)16(26)24-7-10-4-5-14(21)13(10)8-24/h1-3,6,9-10,13-14H,4-5,7-8,21H2. The van der Waals surface area contributed by atoms with Crippen LogP contribution in [0.3, 0.4) is 0 Å². The Hall–Kier alpha value is -2.42. The number of rotatable bonds is 2. The highest BCUT2D eigenvalue weighted by molar-refractivity contribution is 5.92. The van der Waals surface area contributed by atoms with Gasteiger partial charge in [-0.15, -0.1) is 5.10 Å². The zero-order chi connectivity index (χ0) is 18.5. The lowest BCUT2D eigenvalue weighted by atomic mass is 9.98. The molecule has 3 atom stereocenters. The quantitative estimate of drug-likeness (QED) is 0.884. The summed E-state index contributed by atoms with van der Waals surface area (Å²) in [5.41, 5.74) is 5.63. The van der Waals surface area contributed by atoms with Gasteiger partial charge in [-0.05, 0) is 42.9 Å². The number of benzene rings is 1. The summed E-state index contributed by atoms with van der Waals surface area (Å²) in [6.45, 7) is 1.24. The van der Waals surface area contributed by atoms with Crippen LogP contribution in [0.2, 0.25) is 0 Å². The van der Waals surface area contributed by atoms with Crippen LogP contribution in [0.25, 0.3) is 5.69 Å². The van der Waals surface area contributed by atoms with E-state index in [-0.39, 0.29) is 23.3 Å². The first kappa shape index (κ1) is 17.0. The van der Waals surface area contributed by atoms with Crippen molar-refractivity contribution in [2.24, 2.45) is 17.6 Å². The van der Waals surface area contributed by atoms with Crippen molar-refractivity contribution in [2.75, 3.05) is 13.1 Å². The van der Waals surface area contributed by atoms with Crippen molar-refractivity contribution in [1.82, 2.24) is 19.9 Å². The minimum atomic E-state index is -4.44. The number of nitrogens with zero attached hydrogens (tertiary/aromatic N) is 4. The zero-order valence-electron chi connectivity index (χ0n) is 13.9. The second-order valence-electron chi connectivity index (χ2n) is 6.97. The van der Waals surface area contributed by atoms with E-state index in [0.717, 1.165) is 25.0 Å². The van der Waals surface area contributed by atoms with Gasteiger partial charge < -0.3 is 10.6 Å². The summed E-state index contributed by atoms with van der Waals surface area (Å²) in [5, 5.41) is 7.67. The summed E-state index contributed by atoms with van der Waals surface area (Å²) in [5.74, 6) is 0.481. The predicted molar refractivity (Wildman–Crippen MR) is 86.5 cm³/mol. The Morgan fingerprint density at radius 3 is 2.77 bits per heavy atom. The molecule has 3 unspecified atom stereocenters. The Kier molecular flexibility index (Phi) is 3.98. The van der Waals surface area contributed by atoms with Crippen molar-refractivity contribution in [3.63, 3.8) is 0 Å². The normalized spacial score (nSPS) is 25.5. The number of likely N-dealkylation sites (tertiary alicyclic amines) is 1. The summed E-state index contributed by atoms with van der Waals surface area (Å²) < 4.78 is 39.7. The van der Waals surface area contributed by atoms with Gasteiger partial charge in [-0.1, -0.05) is 11.3 Å². The molecule has 0 bridgehead atoms. The van der Waals surface area contributed by atoms with Crippen molar-refractivity contribution in [1.29, 1.82) is 0 Å². The van der Waals surface area contributed by atoms with Gasteiger partial charge in [0, 0.05) is 19.1 Å². The molecule has 1 aromatic heterocycles. The molecule has 1 aromatic carbocycles. The molecule has 2 heterocycles. The van der Waals surface area contributed by atoms with E-state index >= 15 is 0 Å². The van der Waals surface area contributed by atoms with E-state index in [4.69, 9.17) is 5.73 Å². The van der Waals surface area contributed by atoms with Gasteiger partial charge in [0.1, 0.15) is 0 Å². The molecule has 26 heavy (non-hydrogen) atoms. The van der Waals surface area contributed by atoms with E-state index in [0.29, 0.717) is 24.9 Å². The summed E-state index contributed by atoms with van der Waals surface area (Å²) in [7, 11) is 0. The van der Waals surface area contributed by atoms with Crippen LogP contribution < -0.4 is 5.73 Å². The number of hydrogen-bond donors (Lipinski definition) is 1. The number of amides is 1. The van der Waals surface area contributed by atoms with E-state index < -0.39 is 11.7 Å². The molecule has 1 saturated carbocycles. The number of hydrogen-bond acceptors (Lipinski definition) is 4. The van der Waals surface area contributed by atoms with Crippen molar-refractivity contribution >= 4 is 5.91 Å². The summed E-state index contributed by atoms with van der Waals surface area (Å²) in [6.07, 6.45) is -1.07. The molecule has 4 rings (SSSR count). The second kappa shape index (κ2) is 6.08. The van der Waals surface area contributed by atoms with E-state index in [1.54, 1.807) is 4.90 Å². The van der Waals surface area contributed by atoms with Gasteiger partial charge in [0.25, 0.3) is 5.91 Å². The van der Waals surface area contributed by atoms with Crippen LogP contribution >= 0.6 is 0 Å². The van der Waals surface area contributed by atoms with E-state index in [1.165, 1.54) is 23.0 Å². The minimum absolute atomic E-state index is 0.121. The van der Waals surface area contributed by atoms with Gasteiger partial charge >= 0.3 is 6.18 Å². The maximum Gasteiger partial charge on any atom is 0.416 e. The highest BCUT2D eigenvalue weighted by atomic mass is 19.4. The van der Waals surface area contributed by atoms with Crippen LogP contribution in [-0.4, -0.2) is 44.9 Å². The zero-order valence-corrected chi connectivity index (χ0v) is 13.9. The number of nitrogens with two attached hydrogens (primary N) is 1. The summed E-state index contributed by atoms with van der Waals surface area (Å²) in [4.78, 5) is 14.4. The molecular formula is C17H18F3N5O. The number of fused-ring (bicyclic) bond motifs is 1. The van der Waals surface area contributed by atoms with Crippen LogP contribution in [-0.2, 0) is 6.18 Å². The molecule has 0 radical (unpaired) electrons. The molecule has 2 aromatic rings. The molecule has 0 spiro atoms. The van der Waals surface area contributed by atoms with Gasteiger partial charge in [-0.2, -0.15) is 13.2 Å². The minimum Gasteiger partial charge on any atom is -0.337 e. The number of alkyl halides is 3. The molecule has 1 aliphatic heterocycles. The average molecular weight is 365 g/mol. The van der Waals surface area contributed by atoms with Crippen molar-refractivity contribution in [3.8, 4) is 5.69 Å². The Morgan fingerprint density at radius 2 is 2.04 bits per heavy atom. The number of carbonyl (C=O) groups excluding carboxylic acids is 1. The van der Waals surface area contributed by atoms with Crippen LogP contribution in [0.5, 0.6) is 0 Å². The first-order valence-electron chi connectivity index (χ1n) is 8.48. The fourth-order valence-corrected chi connectivity index (χ4v) is 3.95. The van der Waals surface area contributed by atoms with Crippen LogP contribution in [0, 0.1) is 11.8 Å². The Balaban J connectivity index is 1.53. The topological polar surface area (TPSA) is 77.0 Å². The number of carbonyl (C=O) groups is 1. The van der Waals surface area contributed by atoms with Crippen LogP contribution in [0.1, 0.15) is 28.9 Å². The smallest absolute Gasteiger partial charge is 0.337 e. The fourth-order valence-electron chi connectivity index (χ4n) is 3.95. The predicted octanol–water partition coefficient (Wildman–Crippen LogP) is 2.10. The van der Waals surface area contributed by atoms with E-state index in [9.17, 15) is 18.0 Å². The molecule has 2 N–H and O–H groups in total. The maximum absolute atomic E-state index is 12.8. The highest BCUT2D eigenvalue weighted by Gasteiger charge is 2.43. The van der Waals surface area contributed by atoms with Gasteiger partial charge in [-0.3, -0.25) is 4.79 Å². The first-order chi connectivity index (χ1) is 12.3. The lowest BCUT2D eigenvalue weighted by molar-refractivity contribution is -0.137. The lowest BCUT2D eigenvalue weighted by Crippen LogP contribution is -2.33. The third-order valence-corrected chi connectivity index (χ3v) is 5.35. The number of halogens is 3. The van der Waals surface area contributed by atoms with Crippen molar-refractivity contribution < 1.29 is 18.0 Å². The third kappa shape index (κ3) is 2.96. The Morgan fingerprint density at radius 1 is 1.23 bits per heavy atom. The number of aromatic nitrogens is 3. The van der Waals surface area contributed by atoms with Gasteiger partial charge in [0.15, 0.2) is 5.69 Å². The van der Waals surface area contributed by atoms with Gasteiger partial charge in [-0.25, -0.2) is 4.68 Å². The summed E-state index contributed by atoms with van der Waals surface area (Å²) >= 11 is 0. The Bertz CT molecular complexity index is 834. The monoisotopic (exact) mass is 365 g/mol. The van der Waals surface area contributed by atoms with Crippen LogP contribution in [0.4, 0.5) is 13.2 Å². The fraction of sp³-hybridized carbons (Fsp3) is 0.471. The SMILES string of the molecule is NC1CCC2CN(C(=O)c3cn(-c4cccc(C(F)(F)F)c4)nn3)CC12. The molecule has 138 valence electrons. The maximum atomic E-state index is 12.8. The van der Waals surface area contributed by atoms with Crippen molar-refractivity contribution in [3.05, 3.63) is 41.7 Å².